The smallest absolute Gasteiger partial charge is 0.245 e. The molecule has 3 aromatic heterocycles. The Bertz CT molecular complexity index is 3750. The second-order valence-electron chi connectivity index (χ2n) is 24.0. The number of aromatic nitrogens is 4. The Morgan fingerprint density at radius 2 is 1.18 bits per heavy atom. The fourth-order valence-electron chi connectivity index (χ4n) is 11.5. The molecule has 0 saturated carbocycles. The number of para-hydroxylation sites is 2. The van der Waals surface area contributed by atoms with Gasteiger partial charge in [-0.2, -0.15) is 0 Å². The maximum Gasteiger partial charge on any atom is 0.245 e. The van der Waals surface area contributed by atoms with Crippen molar-refractivity contribution < 1.29 is 63.0 Å². The number of aliphatic hydroxyl groups excluding tert-OH is 1. The van der Waals surface area contributed by atoms with Gasteiger partial charge in [0.1, 0.15) is 60.1 Å². The number of hydrogen-bond donors (Lipinski definition) is 17. The number of aliphatic imine (C=N–C) groups is 1. The number of hydrogen-bond acceptors (Lipinski definition) is 15. The van der Waals surface area contributed by atoms with E-state index in [1.54, 1.807) is 74.8 Å². The molecular weight excluding hydrogens is 1230 g/mol. The molecule has 0 aliphatic carbocycles. The van der Waals surface area contributed by atoms with Crippen molar-refractivity contribution in [1.82, 2.24) is 72.7 Å². The number of H-pyrrole nitrogens is 3. The van der Waals surface area contributed by atoms with E-state index in [4.69, 9.17) is 17.2 Å². The number of rotatable bonds is 33. The highest BCUT2D eigenvalue weighted by molar-refractivity contribution is 6.00. The number of amides is 11. The topological polar surface area (TPSA) is 490 Å². The van der Waals surface area contributed by atoms with Crippen LogP contribution in [0.15, 0.2) is 103 Å². The minimum Gasteiger partial charge on any atom is -0.508 e. The monoisotopic (exact) mass is 1310 g/mol. The number of phenols is 1. The number of nitrogens with one attached hydrogen (secondary N) is 12. The van der Waals surface area contributed by atoms with E-state index < -0.39 is 127 Å². The Hall–Kier alpha value is -10.8. The van der Waals surface area contributed by atoms with Gasteiger partial charge in [0.05, 0.1) is 19.5 Å². The molecule has 31 nitrogen and oxygen atoms in total. The largest absolute Gasteiger partial charge is 0.508 e. The fraction of sp³-hybridized carbons (Fsp3) is 0.422. The summed E-state index contributed by atoms with van der Waals surface area (Å²) in [6, 6.07) is 7.78. The molecule has 2 saturated heterocycles. The first-order valence-corrected chi connectivity index (χ1v) is 31.3. The molecule has 0 spiro atoms. The summed E-state index contributed by atoms with van der Waals surface area (Å²) >= 11 is 0. The van der Waals surface area contributed by atoms with Crippen molar-refractivity contribution in [1.29, 1.82) is 0 Å². The van der Waals surface area contributed by atoms with Crippen molar-refractivity contribution in [3.8, 4) is 5.75 Å². The number of guanidine groups is 1. The van der Waals surface area contributed by atoms with Crippen LogP contribution in [0.25, 0.3) is 21.8 Å². The molecular formula is C64H82N18O13. The summed E-state index contributed by atoms with van der Waals surface area (Å²) in [5.41, 5.74) is 19.8. The van der Waals surface area contributed by atoms with Crippen LogP contribution < -0.4 is 65.1 Å². The third-order valence-electron chi connectivity index (χ3n) is 16.4. The number of imidazole rings is 1. The van der Waals surface area contributed by atoms with E-state index in [9.17, 15) is 53.4 Å². The number of aromatic amines is 3. The summed E-state index contributed by atoms with van der Waals surface area (Å²) in [5.74, 6) is -9.04. The summed E-state index contributed by atoms with van der Waals surface area (Å²) in [4.78, 5) is 172. The summed E-state index contributed by atoms with van der Waals surface area (Å²) in [6.07, 6.45) is 6.51. The van der Waals surface area contributed by atoms with E-state index in [0.29, 0.717) is 50.6 Å². The van der Waals surface area contributed by atoms with Gasteiger partial charge in [0.15, 0.2) is 5.96 Å². The Morgan fingerprint density at radius 3 is 1.72 bits per heavy atom. The number of likely N-dealkylation sites (tertiary alicyclic amines) is 1. The molecule has 31 heteroatoms. The van der Waals surface area contributed by atoms with Crippen molar-refractivity contribution in [2.75, 3.05) is 26.2 Å². The molecule has 20 N–H and O–H groups in total. The molecule has 2 aliphatic rings. The Labute approximate surface area is 545 Å². The molecule has 95 heavy (non-hydrogen) atoms. The maximum absolute atomic E-state index is 15.1. The van der Waals surface area contributed by atoms with Gasteiger partial charge in [-0.25, -0.2) is 4.98 Å². The van der Waals surface area contributed by atoms with Crippen LogP contribution in [-0.2, 0) is 78.4 Å². The number of fused-ring (bicyclic) bond motifs is 2. The number of nitrogens with two attached hydrogens (primary N) is 3. The van der Waals surface area contributed by atoms with E-state index >= 15 is 9.59 Å². The first-order valence-electron chi connectivity index (χ1n) is 31.3. The number of aromatic hydroxyl groups is 1. The van der Waals surface area contributed by atoms with Gasteiger partial charge < -0.3 is 95.1 Å². The van der Waals surface area contributed by atoms with Gasteiger partial charge in [-0.05, 0) is 85.4 Å². The van der Waals surface area contributed by atoms with Gasteiger partial charge >= 0.3 is 0 Å². The number of aliphatic hydroxyl groups is 1. The van der Waals surface area contributed by atoms with Crippen LogP contribution in [0, 0.1) is 5.92 Å². The van der Waals surface area contributed by atoms with Crippen molar-refractivity contribution in [2.45, 2.75) is 139 Å². The second kappa shape index (κ2) is 33.1. The third-order valence-corrected chi connectivity index (χ3v) is 16.4. The van der Waals surface area contributed by atoms with Crippen LogP contribution in [0.1, 0.15) is 81.2 Å². The number of benzene rings is 3. The van der Waals surface area contributed by atoms with Gasteiger partial charge in [-0.1, -0.05) is 62.4 Å². The number of carbonyl (C=O) groups is 11. The lowest BCUT2D eigenvalue weighted by atomic mass is 9.99. The first kappa shape index (κ1) is 70.0. The van der Waals surface area contributed by atoms with Crippen LogP contribution in [0.4, 0.5) is 0 Å². The molecule has 2 aliphatic heterocycles. The summed E-state index contributed by atoms with van der Waals surface area (Å²) in [5, 5.41) is 46.5. The molecule has 2 fully saturated rings. The predicted molar refractivity (Wildman–Crippen MR) is 346 cm³/mol. The van der Waals surface area contributed by atoms with Gasteiger partial charge in [0, 0.05) is 91.3 Å². The second-order valence-corrected chi connectivity index (χ2v) is 24.0. The van der Waals surface area contributed by atoms with E-state index in [2.05, 4.69) is 72.8 Å². The van der Waals surface area contributed by atoms with Gasteiger partial charge in [-0.15, -0.1) is 0 Å². The molecule has 3 aromatic carbocycles. The standard InChI is InChI=1S/C64H82N18O13/c1-34(2)23-46(56(88)75-45(13-7-21-69-64(66)67)63(95)82-22-8-14-52(82)62(94)72-31-53(65)85)76-58(90)48(25-36-28-70-42-11-5-3-9-40(36)42)78-57(89)47(24-35-15-17-39(84)18-16-35)77-61(93)51(32-83)81-59(91)49(26-37-29-71-43-12-6-4-10-41(37)43)79-60(92)50(27-38-30-68-33-73-38)80-55(87)44-19-20-54(86)74-44/h3-6,9-12,15-18,28-30,33-34,44-52,70-71,83-84H,7-8,13-14,19-27,31-32H2,1-2H3,(H2,65,85)(H,68,73)(H,72,94)(H,74,86)(H,75,88)(H,76,90)(H,77,93)(H,78,89)(H,79,92)(H,80,87)(H,81,91)(H4,66,67,69)/t44?,45-,46-,47-,48+,49-,50-,51-,52-/m0/s1. The molecule has 1 unspecified atom stereocenters. The lowest BCUT2D eigenvalue weighted by molar-refractivity contribution is -0.142. The van der Waals surface area contributed by atoms with E-state index in [-0.39, 0.29) is 101 Å². The third kappa shape index (κ3) is 19.6. The maximum atomic E-state index is 15.1. The highest BCUT2D eigenvalue weighted by Crippen LogP contribution is 2.24. The Morgan fingerprint density at radius 1 is 0.642 bits per heavy atom. The number of primary amides is 1. The molecule has 6 aromatic rings. The zero-order chi connectivity index (χ0) is 68.3. The lowest BCUT2D eigenvalue weighted by Gasteiger charge is -2.30. The highest BCUT2D eigenvalue weighted by Gasteiger charge is 2.40. The fourth-order valence-corrected chi connectivity index (χ4v) is 11.5. The molecule has 8 rings (SSSR count). The summed E-state index contributed by atoms with van der Waals surface area (Å²) in [6.45, 7) is 2.33. The zero-order valence-electron chi connectivity index (χ0n) is 52.6. The molecule has 5 heterocycles. The van der Waals surface area contributed by atoms with Crippen molar-refractivity contribution >= 4 is 92.7 Å². The minimum atomic E-state index is -1.80. The van der Waals surface area contributed by atoms with Gasteiger partial charge in [0.25, 0.3) is 0 Å². The molecule has 0 bridgehead atoms. The van der Waals surface area contributed by atoms with Crippen molar-refractivity contribution in [3.63, 3.8) is 0 Å². The van der Waals surface area contributed by atoms with Gasteiger partial charge in [0.2, 0.25) is 65.0 Å². The Kier molecular flexibility index (Phi) is 24.4. The van der Waals surface area contributed by atoms with Crippen molar-refractivity contribution in [2.24, 2.45) is 28.1 Å². The van der Waals surface area contributed by atoms with Crippen LogP contribution in [0.3, 0.4) is 0 Å². The van der Waals surface area contributed by atoms with E-state index in [1.165, 1.54) is 41.7 Å². The number of carbonyl (C=O) groups excluding carboxylic acids is 11. The Balaban J connectivity index is 1.05. The van der Waals surface area contributed by atoms with Crippen LogP contribution in [-0.4, -0.2) is 187 Å². The minimum absolute atomic E-state index is 0.00905. The van der Waals surface area contributed by atoms with Gasteiger partial charge in [-0.3, -0.25) is 57.7 Å². The quantitative estimate of drug-likeness (QED) is 0.0117. The number of phenolic OH excluding ortho intramolecular Hbond substituents is 1. The molecule has 11 amide bonds. The first-order chi connectivity index (χ1) is 45.5. The lowest BCUT2D eigenvalue weighted by Crippen LogP contribution is -2.61. The summed E-state index contributed by atoms with van der Waals surface area (Å²) < 4.78 is 0. The average molecular weight is 1310 g/mol. The normalized spacial score (nSPS) is 16.6. The van der Waals surface area contributed by atoms with Crippen molar-refractivity contribution in [3.05, 3.63) is 120 Å². The van der Waals surface area contributed by atoms with Crippen LogP contribution >= 0.6 is 0 Å². The zero-order valence-corrected chi connectivity index (χ0v) is 52.6. The van der Waals surface area contributed by atoms with Crippen LogP contribution in [0.2, 0.25) is 0 Å². The van der Waals surface area contributed by atoms with E-state index in [0.717, 1.165) is 0 Å². The SMILES string of the molecule is CC(C)C[C@H](NC(=O)[C@@H](Cc1c[nH]c2ccccc12)NC(=O)[C@H](Cc1ccc(O)cc1)NC(=O)[C@H](CO)NC(=O)[C@H](Cc1c[nH]c2ccccc12)NC(=O)[C@H](Cc1cnc[nH]1)NC(=O)C1CCC(=O)N1)C(=O)N[C@@H](CCCN=C(N)N)C(=O)N1CCC[C@H]1C(=O)NCC(N)=O. The predicted octanol–water partition coefficient (Wildman–Crippen LogP) is -2.29. The number of nitrogens with zero attached hydrogens (tertiary/aromatic N) is 3. The van der Waals surface area contributed by atoms with E-state index in [1.807, 2.05) is 0 Å². The molecule has 0 radical (unpaired) electrons. The van der Waals surface area contributed by atoms with Crippen LogP contribution in [0.5, 0.6) is 5.75 Å². The molecule has 506 valence electrons. The highest BCUT2D eigenvalue weighted by atomic mass is 16.3. The molecule has 9 atom stereocenters. The average Bonchev–Trinajstić information content (AvgIpc) is 1.81. The summed E-state index contributed by atoms with van der Waals surface area (Å²) in [7, 11) is 0.